The van der Waals surface area contributed by atoms with Gasteiger partial charge in [0.05, 0.1) is 24.0 Å². The molecule has 0 spiro atoms. The third kappa shape index (κ3) is 8.83. The Bertz CT molecular complexity index is 1090. The topological polar surface area (TPSA) is 89.6 Å². The van der Waals surface area contributed by atoms with Gasteiger partial charge in [-0.2, -0.15) is 0 Å². The molecule has 1 unspecified atom stereocenters. The molecule has 0 aliphatic rings. The third-order valence-corrected chi connectivity index (χ3v) is 5.07. The van der Waals surface area contributed by atoms with Crippen molar-refractivity contribution in [3.8, 4) is 11.3 Å². The van der Waals surface area contributed by atoms with E-state index in [1.54, 1.807) is 24.3 Å². The summed E-state index contributed by atoms with van der Waals surface area (Å²) in [5.41, 5.74) is 2.54. The van der Waals surface area contributed by atoms with Gasteiger partial charge >= 0.3 is 6.09 Å². The van der Waals surface area contributed by atoms with Gasteiger partial charge in [0.1, 0.15) is 11.9 Å². The molecule has 1 atom stereocenters. The highest BCUT2D eigenvalue weighted by atomic mass is 19.1. The van der Waals surface area contributed by atoms with Gasteiger partial charge < -0.3 is 20.1 Å². The second kappa shape index (κ2) is 13.2. The van der Waals surface area contributed by atoms with Crippen molar-refractivity contribution in [3.05, 3.63) is 89.9 Å². The minimum Gasteiger partial charge on any atom is -0.444 e. The standard InChI is InChI=1S/C27H30FN3O4/c1-19(2)34-18-24(35-27(33)31-16-20-7-4-3-5-8-20)13-14-29-26(32)22-11-12-25(30-17-22)21-9-6-10-23(28)15-21/h3-12,15,17,19,24H,13-14,16,18H2,1-2H3,(H,29,32)(H,31,33). The van der Waals surface area contributed by atoms with E-state index in [-0.39, 0.29) is 31.0 Å². The molecular weight excluding hydrogens is 449 g/mol. The first kappa shape index (κ1) is 25.8. The van der Waals surface area contributed by atoms with E-state index in [9.17, 15) is 14.0 Å². The highest BCUT2D eigenvalue weighted by Gasteiger charge is 2.17. The zero-order chi connectivity index (χ0) is 25.0. The predicted octanol–water partition coefficient (Wildman–Crippen LogP) is 4.73. The van der Waals surface area contributed by atoms with Gasteiger partial charge in [-0.3, -0.25) is 9.78 Å². The van der Waals surface area contributed by atoms with Crippen molar-refractivity contribution in [2.24, 2.45) is 0 Å². The summed E-state index contributed by atoms with van der Waals surface area (Å²) in [5, 5.41) is 5.54. The number of benzene rings is 2. The number of nitrogens with zero attached hydrogens (tertiary/aromatic N) is 1. The largest absolute Gasteiger partial charge is 0.444 e. The average molecular weight is 480 g/mol. The Hall–Kier alpha value is -3.78. The lowest BCUT2D eigenvalue weighted by molar-refractivity contribution is -0.00742. The number of alkyl carbamates (subject to hydrolysis) is 1. The lowest BCUT2D eigenvalue weighted by Crippen LogP contribution is -2.35. The van der Waals surface area contributed by atoms with Crippen LogP contribution >= 0.6 is 0 Å². The first-order valence-electron chi connectivity index (χ1n) is 11.5. The Morgan fingerprint density at radius 2 is 1.80 bits per heavy atom. The van der Waals surface area contributed by atoms with Gasteiger partial charge in [0, 0.05) is 31.3 Å². The molecule has 0 saturated heterocycles. The molecule has 1 aromatic heterocycles. The van der Waals surface area contributed by atoms with Crippen LogP contribution in [0.5, 0.6) is 0 Å². The Morgan fingerprint density at radius 1 is 1.00 bits per heavy atom. The molecule has 2 amide bonds. The second-order valence-electron chi connectivity index (χ2n) is 8.24. The van der Waals surface area contributed by atoms with Crippen LogP contribution in [-0.2, 0) is 16.0 Å². The molecule has 0 aliphatic heterocycles. The molecular formula is C27H30FN3O4. The van der Waals surface area contributed by atoms with Gasteiger partial charge in [-0.1, -0.05) is 42.5 Å². The van der Waals surface area contributed by atoms with Crippen LogP contribution in [0.1, 0.15) is 36.2 Å². The maximum absolute atomic E-state index is 13.4. The average Bonchev–Trinajstić information content (AvgIpc) is 2.86. The number of pyridine rings is 1. The smallest absolute Gasteiger partial charge is 0.407 e. The fourth-order valence-corrected chi connectivity index (χ4v) is 3.23. The Labute approximate surface area is 204 Å². The van der Waals surface area contributed by atoms with Crippen LogP contribution in [0.3, 0.4) is 0 Å². The van der Waals surface area contributed by atoms with Crippen molar-refractivity contribution in [3.63, 3.8) is 0 Å². The molecule has 184 valence electrons. The molecule has 1 heterocycles. The number of hydrogen-bond acceptors (Lipinski definition) is 5. The quantitative estimate of drug-likeness (QED) is 0.415. The molecule has 7 nitrogen and oxygen atoms in total. The minimum atomic E-state index is -0.547. The van der Waals surface area contributed by atoms with E-state index in [2.05, 4.69) is 15.6 Å². The van der Waals surface area contributed by atoms with Gasteiger partial charge in [0.25, 0.3) is 5.91 Å². The summed E-state index contributed by atoms with van der Waals surface area (Å²) in [6.45, 7) is 4.65. The van der Waals surface area contributed by atoms with E-state index in [0.717, 1.165) is 5.56 Å². The fourth-order valence-electron chi connectivity index (χ4n) is 3.23. The van der Waals surface area contributed by atoms with Crippen LogP contribution in [0.2, 0.25) is 0 Å². The lowest BCUT2D eigenvalue weighted by Gasteiger charge is -2.20. The number of carbonyl (C=O) groups is 2. The number of amides is 2. The van der Waals surface area contributed by atoms with E-state index in [1.165, 1.54) is 18.3 Å². The molecule has 2 aromatic carbocycles. The van der Waals surface area contributed by atoms with E-state index in [0.29, 0.717) is 29.8 Å². The summed E-state index contributed by atoms with van der Waals surface area (Å²) in [6.07, 6.45) is 0.733. The van der Waals surface area contributed by atoms with Crippen molar-refractivity contribution in [1.82, 2.24) is 15.6 Å². The van der Waals surface area contributed by atoms with Gasteiger partial charge in [-0.15, -0.1) is 0 Å². The molecule has 8 heteroatoms. The van der Waals surface area contributed by atoms with Gasteiger partial charge in [-0.25, -0.2) is 9.18 Å². The predicted molar refractivity (Wildman–Crippen MR) is 131 cm³/mol. The van der Waals surface area contributed by atoms with Crippen LogP contribution in [0.25, 0.3) is 11.3 Å². The summed E-state index contributed by atoms with van der Waals surface area (Å²) in [5.74, 6) is -0.654. The normalized spacial score (nSPS) is 11.7. The van der Waals surface area contributed by atoms with Crippen molar-refractivity contribution >= 4 is 12.0 Å². The summed E-state index contributed by atoms with van der Waals surface area (Å²) in [4.78, 5) is 29.0. The SMILES string of the molecule is CC(C)OCC(CCNC(=O)c1ccc(-c2cccc(F)c2)nc1)OC(=O)NCc1ccccc1. The van der Waals surface area contributed by atoms with E-state index in [1.807, 2.05) is 44.2 Å². The fraction of sp³-hybridized carbons (Fsp3) is 0.296. The van der Waals surface area contributed by atoms with Crippen LogP contribution in [0.15, 0.2) is 72.9 Å². The number of halogens is 1. The molecule has 0 radical (unpaired) electrons. The second-order valence-corrected chi connectivity index (χ2v) is 8.24. The summed E-state index contributed by atoms with van der Waals surface area (Å²) in [6, 6.07) is 18.9. The molecule has 3 rings (SSSR count). The van der Waals surface area contributed by atoms with E-state index >= 15 is 0 Å². The molecule has 0 fully saturated rings. The summed E-state index contributed by atoms with van der Waals surface area (Å²) < 4.78 is 24.6. The maximum atomic E-state index is 13.4. The zero-order valence-corrected chi connectivity index (χ0v) is 19.9. The van der Waals surface area contributed by atoms with Crippen molar-refractivity contribution < 1.29 is 23.5 Å². The van der Waals surface area contributed by atoms with Crippen molar-refractivity contribution in [2.75, 3.05) is 13.2 Å². The first-order valence-corrected chi connectivity index (χ1v) is 11.5. The molecule has 2 N–H and O–H groups in total. The van der Waals surface area contributed by atoms with Gasteiger partial charge in [0.15, 0.2) is 0 Å². The number of ether oxygens (including phenoxy) is 2. The van der Waals surface area contributed by atoms with Crippen molar-refractivity contribution in [2.45, 2.75) is 39.0 Å². The number of rotatable bonds is 11. The molecule has 35 heavy (non-hydrogen) atoms. The van der Waals surface area contributed by atoms with Crippen LogP contribution < -0.4 is 10.6 Å². The third-order valence-electron chi connectivity index (χ3n) is 5.07. The lowest BCUT2D eigenvalue weighted by atomic mass is 10.1. The molecule has 0 aliphatic carbocycles. The zero-order valence-electron chi connectivity index (χ0n) is 19.9. The van der Waals surface area contributed by atoms with Gasteiger partial charge in [0.2, 0.25) is 0 Å². The number of nitrogens with one attached hydrogen (secondary N) is 2. The molecule has 0 bridgehead atoms. The molecule has 3 aromatic rings. The van der Waals surface area contributed by atoms with Crippen molar-refractivity contribution in [1.29, 1.82) is 0 Å². The monoisotopic (exact) mass is 479 g/mol. The van der Waals surface area contributed by atoms with Crippen LogP contribution in [0.4, 0.5) is 9.18 Å². The summed E-state index contributed by atoms with van der Waals surface area (Å²) in [7, 11) is 0. The maximum Gasteiger partial charge on any atom is 0.407 e. The minimum absolute atomic E-state index is 0.0225. The Balaban J connectivity index is 1.49. The van der Waals surface area contributed by atoms with Gasteiger partial charge in [-0.05, 0) is 43.7 Å². The molecule has 0 saturated carbocycles. The highest BCUT2D eigenvalue weighted by molar-refractivity contribution is 5.94. The number of aromatic nitrogens is 1. The van der Waals surface area contributed by atoms with E-state index < -0.39 is 12.2 Å². The number of hydrogen-bond donors (Lipinski definition) is 2. The highest BCUT2D eigenvalue weighted by Crippen LogP contribution is 2.18. The Morgan fingerprint density at radius 3 is 2.49 bits per heavy atom. The first-order chi connectivity index (χ1) is 16.9. The summed E-state index contributed by atoms with van der Waals surface area (Å²) >= 11 is 0. The van der Waals surface area contributed by atoms with Crippen LogP contribution in [0, 0.1) is 5.82 Å². The van der Waals surface area contributed by atoms with Crippen LogP contribution in [-0.4, -0.2) is 42.3 Å². The number of carbonyl (C=O) groups excluding carboxylic acids is 2. The Kier molecular flexibility index (Phi) is 9.74. The van der Waals surface area contributed by atoms with E-state index in [4.69, 9.17) is 9.47 Å².